The SMILES string of the molecule is CC(=O)NCCC1(C(=O)NC(Cc2ccc(N3C(=O)[C@@H](Cc4cccnc4)N(C(C)=O)C3c3ccccc3)cc2)C(=O)O)CCCC1. The van der Waals surface area contributed by atoms with Crippen LogP contribution >= 0.6 is 0 Å². The van der Waals surface area contributed by atoms with Crippen LogP contribution in [-0.4, -0.2) is 63.2 Å². The predicted octanol–water partition coefficient (Wildman–Crippen LogP) is 3.79. The second-order valence-electron chi connectivity index (χ2n) is 12.5. The predicted molar refractivity (Wildman–Crippen MR) is 175 cm³/mol. The average molecular weight is 640 g/mol. The Kier molecular flexibility index (Phi) is 10.3. The molecule has 0 radical (unpaired) electrons. The molecule has 2 aromatic carbocycles. The topological polar surface area (TPSA) is 149 Å². The molecule has 1 aromatic heterocycles. The number of rotatable bonds is 12. The second kappa shape index (κ2) is 14.6. The number of aliphatic carboxylic acids is 1. The number of pyridine rings is 1. The average Bonchev–Trinajstić information content (AvgIpc) is 3.65. The van der Waals surface area contributed by atoms with Crippen molar-refractivity contribution in [1.82, 2.24) is 20.5 Å². The molecule has 1 aliphatic carbocycles. The molecule has 11 heteroatoms. The fourth-order valence-corrected chi connectivity index (χ4v) is 6.88. The Balaban J connectivity index is 1.37. The molecule has 3 aromatic rings. The minimum Gasteiger partial charge on any atom is -0.480 e. The first-order valence-electron chi connectivity index (χ1n) is 16.0. The van der Waals surface area contributed by atoms with Crippen molar-refractivity contribution in [3.8, 4) is 0 Å². The van der Waals surface area contributed by atoms with Gasteiger partial charge in [-0.2, -0.15) is 0 Å². The van der Waals surface area contributed by atoms with Crippen molar-refractivity contribution in [1.29, 1.82) is 0 Å². The van der Waals surface area contributed by atoms with Gasteiger partial charge in [0.1, 0.15) is 18.2 Å². The first kappa shape index (κ1) is 33.3. The highest BCUT2D eigenvalue weighted by Crippen LogP contribution is 2.42. The molecule has 1 saturated carbocycles. The summed E-state index contributed by atoms with van der Waals surface area (Å²) in [5.41, 5.74) is 2.13. The third-order valence-corrected chi connectivity index (χ3v) is 9.26. The third kappa shape index (κ3) is 7.51. The van der Waals surface area contributed by atoms with E-state index in [0.717, 1.165) is 24.0 Å². The number of hydrogen-bond donors (Lipinski definition) is 3. The summed E-state index contributed by atoms with van der Waals surface area (Å²) >= 11 is 0. The molecule has 4 amide bonds. The molecule has 2 aliphatic rings. The molecule has 1 aliphatic heterocycles. The fourth-order valence-electron chi connectivity index (χ4n) is 6.88. The van der Waals surface area contributed by atoms with Crippen LogP contribution in [0.4, 0.5) is 5.69 Å². The monoisotopic (exact) mass is 639 g/mol. The Morgan fingerprint density at radius 3 is 2.26 bits per heavy atom. The lowest BCUT2D eigenvalue weighted by atomic mass is 9.81. The number of carbonyl (C=O) groups excluding carboxylic acids is 4. The van der Waals surface area contributed by atoms with Gasteiger partial charge >= 0.3 is 5.97 Å². The van der Waals surface area contributed by atoms with Crippen molar-refractivity contribution in [2.75, 3.05) is 11.4 Å². The van der Waals surface area contributed by atoms with Crippen LogP contribution in [0.5, 0.6) is 0 Å². The molecule has 5 rings (SSSR count). The Hall–Kier alpha value is -5.06. The molecule has 2 fully saturated rings. The largest absolute Gasteiger partial charge is 0.480 e. The highest BCUT2D eigenvalue weighted by Gasteiger charge is 2.48. The maximum atomic E-state index is 14.1. The van der Waals surface area contributed by atoms with E-state index in [-0.39, 0.29) is 30.0 Å². The van der Waals surface area contributed by atoms with E-state index in [1.54, 1.807) is 52.5 Å². The van der Waals surface area contributed by atoms with Gasteiger partial charge in [0.05, 0.1) is 5.41 Å². The van der Waals surface area contributed by atoms with Gasteiger partial charge in [0.25, 0.3) is 5.91 Å². The zero-order chi connectivity index (χ0) is 33.6. The number of nitrogens with one attached hydrogen (secondary N) is 2. The van der Waals surface area contributed by atoms with Gasteiger partial charge in [-0.1, -0.05) is 61.4 Å². The number of anilines is 1. The van der Waals surface area contributed by atoms with Gasteiger partial charge in [0.2, 0.25) is 17.7 Å². The molecule has 11 nitrogen and oxygen atoms in total. The zero-order valence-electron chi connectivity index (χ0n) is 26.7. The fraction of sp³-hybridized carbons (Fsp3) is 0.389. The van der Waals surface area contributed by atoms with Crippen LogP contribution in [0.2, 0.25) is 0 Å². The maximum Gasteiger partial charge on any atom is 0.326 e. The van der Waals surface area contributed by atoms with E-state index in [2.05, 4.69) is 15.6 Å². The minimum atomic E-state index is -1.16. The summed E-state index contributed by atoms with van der Waals surface area (Å²) in [6, 6.07) is 18.1. The number of amides is 4. The summed E-state index contributed by atoms with van der Waals surface area (Å²) < 4.78 is 0. The molecule has 47 heavy (non-hydrogen) atoms. The number of benzene rings is 2. The van der Waals surface area contributed by atoms with Crippen LogP contribution in [0.15, 0.2) is 79.1 Å². The lowest BCUT2D eigenvalue weighted by Gasteiger charge is -2.31. The third-order valence-electron chi connectivity index (χ3n) is 9.26. The molecule has 246 valence electrons. The van der Waals surface area contributed by atoms with Crippen LogP contribution in [0, 0.1) is 5.41 Å². The standard InChI is InChI=1S/C36H41N5O6/c1-24(42)38-20-18-36(16-6-7-17-36)35(47)39-30(34(45)46)21-26-12-14-29(15-13-26)41-32(28-10-4-3-5-11-28)40(25(2)43)31(33(41)44)22-27-9-8-19-37-23-27/h3-5,8-15,19,23,30-32H,6-7,16-18,20-22H2,1-2H3,(H,38,42)(H,39,47)(H,45,46)/t30?,31-,32?/m1/s1. The Bertz CT molecular complexity index is 1590. The van der Waals surface area contributed by atoms with Crippen molar-refractivity contribution in [2.45, 2.75) is 77.0 Å². The summed E-state index contributed by atoms with van der Waals surface area (Å²) in [7, 11) is 0. The minimum absolute atomic E-state index is 0.0440. The number of nitrogens with zero attached hydrogens (tertiary/aromatic N) is 3. The van der Waals surface area contributed by atoms with E-state index in [1.165, 1.54) is 13.8 Å². The van der Waals surface area contributed by atoms with Crippen molar-refractivity contribution in [3.05, 3.63) is 95.8 Å². The lowest BCUT2D eigenvalue weighted by molar-refractivity contribution is -0.144. The first-order chi connectivity index (χ1) is 22.6. The summed E-state index contributed by atoms with van der Waals surface area (Å²) in [5, 5.41) is 15.6. The van der Waals surface area contributed by atoms with Crippen LogP contribution in [0.1, 0.15) is 68.8 Å². The number of carboxylic acid groups (broad SMARTS) is 1. The van der Waals surface area contributed by atoms with Crippen LogP contribution in [0.3, 0.4) is 0 Å². The second-order valence-corrected chi connectivity index (χ2v) is 12.5. The summed E-state index contributed by atoms with van der Waals surface area (Å²) in [4.78, 5) is 71.8. The quantitative estimate of drug-likeness (QED) is 0.273. The molecule has 3 atom stereocenters. The normalized spacial score (nSPS) is 19.3. The van der Waals surface area contributed by atoms with E-state index >= 15 is 0 Å². The molecule has 2 unspecified atom stereocenters. The molecular formula is C36H41N5O6. The van der Waals surface area contributed by atoms with Crippen molar-refractivity contribution in [3.63, 3.8) is 0 Å². The highest BCUT2D eigenvalue weighted by atomic mass is 16.4. The molecule has 3 N–H and O–H groups in total. The van der Waals surface area contributed by atoms with Gasteiger partial charge in [-0.3, -0.25) is 29.1 Å². The van der Waals surface area contributed by atoms with Gasteiger partial charge in [-0.25, -0.2) is 4.79 Å². The van der Waals surface area contributed by atoms with Gasteiger partial charge in [-0.05, 0) is 54.2 Å². The van der Waals surface area contributed by atoms with Crippen LogP contribution in [-0.2, 0) is 36.8 Å². The van der Waals surface area contributed by atoms with Gasteiger partial charge in [0.15, 0.2) is 0 Å². The number of aromatic nitrogens is 1. The molecule has 0 bridgehead atoms. The van der Waals surface area contributed by atoms with E-state index in [4.69, 9.17) is 0 Å². The van der Waals surface area contributed by atoms with E-state index in [0.29, 0.717) is 43.5 Å². The van der Waals surface area contributed by atoms with Gasteiger partial charge in [-0.15, -0.1) is 0 Å². The van der Waals surface area contributed by atoms with Gasteiger partial charge < -0.3 is 20.6 Å². The number of hydrogen-bond acceptors (Lipinski definition) is 6. The van der Waals surface area contributed by atoms with E-state index in [1.807, 2.05) is 36.4 Å². The highest BCUT2D eigenvalue weighted by molar-refractivity contribution is 6.03. The van der Waals surface area contributed by atoms with E-state index in [9.17, 15) is 29.1 Å². The molecule has 1 saturated heterocycles. The Labute approximate surface area is 274 Å². The maximum absolute atomic E-state index is 14.1. The Morgan fingerprint density at radius 1 is 0.957 bits per heavy atom. The summed E-state index contributed by atoms with van der Waals surface area (Å²) in [6.07, 6.45) is 6.49. The van der Waals surface area contributed by atoms with Crippen molar-refractivity contribution in [2.24, 2.45) is 5.41 Å². The number of carbonyl (C=O) groups is 5. The zero-order valence-corrected chi connectivity index (χ0v) is 26.7. The number of carboxylic acids is 1. The molecule has 0 spiro atoms. The Morgan fingerprint density at radius 2 is 1.66 bits per heavy atom. The smallest absolute Gasteiger partial charge is 0.326 e. The van der Waals surface area contributed by atoms with Crippen molar-refractivity contribution < 1.29 is 29.1 Å². The lowest BCUT2D eigenvalue weighted by Crippen LogP contribution is -2.49. The van der Waals surface area contributed by atoms with E-state index < -0.39 is 29.6 Å². The van der Waals surface area contributed by atoms with Crippen LogP contribution in [0.25, 0.3) is 0 Å². The summed E-state index contributed by atoms with van der Waals surface area (Å²) in [6.45, 7) is 3.24. The summed E-state index contributed by atoms with van der Waals surface area (Å²) in [5.74, 6) is -2.10. The first-order valence-corrected chi connectivity index (χ1v) is 16.0. The molecule has 2 heterocycles. The molecular weight excluding hydrogens is 598 g/mol. The van der Waals surface area contributed by atoms with Crippen molar-refractivity contribution >= 4 is 35.3 Å². The van der Waals surface area contributed by atoms with Gasteiger partial charge in [0, 0.05) is 51.3 Å². The van der Waals surface area contributed by atoms with Crippen LogP contribution < -0.4 is 15.5 Å².